The monoisotopic (exact) mass is 375 g/mol. The fourth-order valence-electron chi connectivity index (χ4n) is 3.10. The SMILES string of the molecule is CN1CCCN(c2ccc(-n3cnc(Nc4cnc(C#N)cn4)c3)cn2)CC1. The van der Waals surface area contributed by atoms with Crippen LogP contribution in [0.2, 0.25) is 0 Å². The molecule has 0 unspecified atom stereocenters. The number of rotatable bonds is 4. The number of likely N-dealkylation sites (N-methyl/N-ethyl adjacent to an activating group) is 1. The number of hydrogen-bond donors (Lipinski definition) is 1. The third kappa shape index (κ3) is 4.07. The molecular weight excluding hydrogens is 354 g/mol. The first-order valence-electron chi connectivity index (χ1n) is 9.14. The van der Waals surface area contributed by atoms with Gasteiger partial charge in [-0.15, -0.1) is 0 Å². The predicted octanol–water partition coefficient (Wildman–Crippen LogP) is 1.81. The number of nitrogens with zero attached hydrogens (tertiary/aromatic N) is 8. The van der Waals surface area contributed by atoms with Gasteiger partial charge in [0.2, 0.25) is 0 Å². The molecule has 4 rings (SSSR count). The van der Waals surface area contributed by atoms with Crippen LogP contribution in [0.15, 0.2) is 43.2 Å². The molecule has 28 heavy (non-hydrogen) atoms. The molecule has 1 saturated heterocycles. The van der Waals surface area contributed by atoms with E-state index in [4.69, 9.17) is 5.26 Å². The van der Waals surface area contributed by atoms with E-state index in [2.05, 4.69) is 48.2 Å². The van der Waals surface area contributed by atoms with E-state index in [9.17, 15) is 0 Å². The number of aromatic nitrogens is 5. The second-order valence-corrected chi connectivity index (χ2v) is 6.71. The topological polar surface area (TPSA) is 98.8 Å². The summed E-state index contributed by atoms with van der Waals surface area (Å²) in [6.07, 6.45) is 9.51. The minimum Gasteiger partial charge on any atom is -0.355 e. The number of nitriles is 1. The van der Waals surface area contributed by atoms with E-state index in [0.29, 0.717) is 11.6 Å². The first kappa shape index (κ1) is 17.9. The van der Waals surface area contributed by atoms with E-state index in [1.54, 1.807) is 6.33 Å². The number of pyridine rings is 1. The zero-order valence-electron chi connectivity index (χ0n) is 15.7. The van der Waals surface area contributed by atoms with E-state index in [1.165, 1.54) is 12.4 Å². The van der Waals surface area contributed by atoms with E-state index in [0.717, 1.165) is 44.1 Å². The molecule has 0 saturated carbocycles. The molecule has 0 amide bonds. The van der Waals surface area contributed by atoms with Crippen LogP contribution in [0.1, 0.15) is 12.1 Å². The van der Waals surface area contributed by atoms with Crippen LogP contribution in [-0.4, -0.2) is 62.6 Å². The van der Waals surface area contributed by atoms with Crippen molar-refractivity contribution < 1.29 is 0 Å². The number of nitrogens with one attached hydrogen (secondary N) is 1. The molecule has 1 aliphatic heterocycles. The first-order chi connectivity index (χ1) is 13.7. The Morgan fingerprint density at radius 1 is 0.964 bits per heavy atom. The molecule has 4 heterocycles. The molecule has 0 bridgehead atoms. The lowest BCUT2D eigenvalue weighted by Crippen LogP contribution is -2.29. The van der Waals surface area contributed by atoms with Crippen LogP contribution < -0.4 is 10.2 Å². The predicted molar refractivity (Wildman–Crippen MR) is 106 cm³/mol. The van der Waals surface area contributed by atoms with Crippen molar-refractivity contribution in [2.75, 3.05) is 43.4 Å². The molecule has 3 aromatic rings. The van der Waals surface area contributed by atoms with Crippen LogP contribution in [-0.2, 0) is 0 Å². The second-order valence-electron chi connectivity index (χ2n) is 6.71. The Bertz CT molecular complexity index is 956. The summed E-state index contributed by atoms with van der Waals surface area (Å²) in [5, 5.41) is 11.8. The second kappa shape index (κ2) is 8.02. The van der Waals surface area contributed by atoms with Crippen molar-refractivity contribution in [1.29, 1.82) is 5.26 Å². The fraction of sp³-hybridized carbons (Fsp3) is 0.316. The van der Waals surface area contributed by atoms with Crippen molar-refractivity contribution in [3.63, 3.8) is 0 Å². The molecule has 9 heteroatoms. The summed E-state index contributed by atoms with van der Waals surface area (Å²) >= 11 is 0. The van der Waals surface area contributed by atoms with Crippen LogP contribution in [0.4, 0.5) is 17.5 Å². The van der Waals surface area contributed by atoms with Crippen LogP contribution in [0.5, 0.6) is 0 Å². The maximum absolute atomic E-state index is 8.78. The number of imidazole rings is 1. The highest BCUT2D eigenvalue weighted by Crippen LogP contribution is 2.18. The zero-order chi connectivity index (χ0) is 19.3. The average Bonchev–Trinajstić information content (AvgIpc) is 3.08. The van der Waals surface area contributed by atoms with Gasteiger partial charge in [-0.1, -0.05) is 0 Å². The number of hydrogen-bond acceptors (Lipinski definition) is 8. The normalized spacial score (nSPS) is 15.1. The maximum atomic E-state index is 8.78. The molecule has 0 aromatic carbocycles. The summed E-state index contributed by atoms with van der Waals surface area (Å²) in [5.74, 6) is 2.17. The molecule has 9 nitrogen and oxygen atoms in total. The van der Waals surface area contributed by atoms with E-state index in [1.807, 2.05) is 29.1 Å². The highest BCUT2D eigenvalue weighted by Gasteiger charge is 2.13. The van der Waals surface area contributed by atoms with Gasteiger partial charge in [-0.3, -0.25) is 0 Å². The quantitative estimate of drug-likeness (QED) is 0.737. The van der Waals surface area contributed by atoms with Gasteiger partial charge in [0.15, 0.2) is 5.69 Å². The Balaban J connectivity index is 1.44. The Hall–Kier alpha value is -3.51. The van der Waals surface area contributed by atoms with Crippen LogP contribution in [0.3, 0.4) is 0 Å². The highest BCUT2D eigenvalue weighted by atomic mass is 15.2. The molecule has 0 atom stereocenters. The number of anilines is 3. The Labute approximate surface area is 163 Å². The molecular formula is C19H21N9. The van der Waals surface area contributed by atoms with Crippen LogP contribution in [0, 0.1) is 11.3 Å². The zero-order valence-corrected chi connectivity index (χ0v) is 15.7. The lowest BCUT2D eigenvalue weighted by atomic mass is 10.3. The van der Waals surface area contributed by atoms with Crippen molar-refractivity contribution in [3.05, 3.63) is 48.9 Å². The summed E-state index contributed by atoms with van der Waals surface area (Å²) < 4.78 is 1.90. The van der Waals surface area contributed by atoms with Gasteiger partial charge >= 0.3 is 0 Å². The lowest BCUT2D eigenvalue weighted by Gasteiger charge is -2.21. The van der Waals surface area contributed by atoms with E-state index in [-0.39, 0.29) is 5.69 Å². The van der Waals surface area contributed by atoms with Crippen LogP contribution in [0.25, 0.3) is 5.69 Å². The smallest absolute Gasteiger partial charge is 0.158 e. The third-order valence-electron chi connectivity index (χ3n) is 4.68. The minimum atomic E-state index is 0.276. The minimum absolute atomic E-state index is 0.276. The first-order valence-corrected chi connectivity index (χ1v) is 9.14. The molecule has 1 fully saturated rings. The third-order valence-corrected chi connectivity index (χ3v) is 4.68. The molecule has 1 N–H and O–H groups in total. The molecule has 0 aliphatic carbocycles. The summed E-state index contributed by atoms with van der Waals surface area (Å²) in [4.78, 5) is 21.8. The Morgan fingerprint density at radius 2 is 1.89 bits per heavy atom. The lowest BCUT2D eigenvalue weighted by molar-refractivity contribution is 0.360. The van der Waals surface area contributed by atoms with Crippen molar-refractivity contribution >= 4 is 17.5 Å². The molecule has 1 aliphatic rings. The largest absolute Gasteiger partial charge is 0.355 e. The van der Waals surface area contributed by atoms with Gasteiger partial charge in [-0.05, 0) is 32.1 Å². The molecule has 3 aromatic heterocycles. The van der Waals surface area contributed by atoms with Gasteiger partial charge in [0, 0.05) is 19.6 Å². The summed E-state index contributed by atoms with van der Waals surface area (Å²) in [5.41, 5.74) is 1.21. The van der Waals surface area contributed by atoms with Gasteiger partial charge in [-0.25, -0.2) is 19.9 Å². The van der Waals surface area contributed by atoms with Crippen molar-refractivity contribution in [3.8, 4) is 11.8 Å². The molecule has 0 spiro atoms. The van der Waals surface area contributed by atoms with Crippen molar-refractivity contribution in [2.24, 2.45) is 0 Å². The Morgan fingerprint density at radius 3 is 2.64 bits per heavy atom. The van der Waals surface area contributed by atoms with Gasteiger partial charge in [0.1, 0.15) is 29.9 Å². The summed E-state index contributed by atoms with van der Waals surface area (Å²) in [7, 11) is 2.16. The van der Waals surface area contributed by atoms with Gasteiger partial charge in [0.25, 0.3) is 0 Å². The standard InChI is InChI=1S/C19H21N9/c1-26-5-2-6-27(8-7-26)19-4-3-16(11-23-19)28-13-18(24-14-28)25-17-12-21-15(9-20)10-22-17/h3-4,10-14H,2,5-8H2,1H3,(H,22,25). The summed E-state index contributed by atoms with van der Waals surface area (Å²) in [6, 6.07) is 6.04. The molecule has 0 radical (unpaired) electrons. The van der Waals surface area contributed by atoms with Gasteiger partial charge < -0.3 is 19.7 Å². The maximum Gasteiger partial charge on any atom is 0.158 e. The van der Waals surface area contributed by atoms with Crippen molar-refractivity contribution in [1.82, 2.24) is 29.4 Å². The molecule has 142 valence electrons. The van der Waals surface area contributed by atoms with E-state index < -0.39 is 0 Å². The van der Waals surface area contributed by atoms with Gasteiger partial charge in [-0.2, -0.15) is 5.26 Å². The van der Waals surface area contributed by atoms with Crippen molar-refractivity contribution in [2.45, 2.75) is 6.42 Å². The van der Waals surface area contributed by atoms with Gasteiger partial charge in [0.05, 0.1) is 30.5 Å². The fourth-order valence-corrected chi connectivity index (χ4v) is 3.10. The van der Waals surface area contributed by atoms with E-state index >= 15 is 0 Å². The highest BCUT2D eigenvalue weighted by molar-refractivity contribution is 5.51. The summed E-state index contributed by atoms with van der Waals surface area (Å²) in [6.45, 7) is 4.20. The Kier molecular flexibility index (Phi) is 5.12. The van der Waals surface area contributed by atoms with Crippen LogP contribution >= 0.6 is 0 Å². The average molecular weight is 375 g/mol.